The highest BCUT2D eigenvalue weighted by molar-refractivity contribution is 5.77. The van der Waals surface area contributed by atoms with Crippen LogP contribution in [0.25, 0.3) is 0 Å². The maximum Gasteiger partial charge on any atom is 0.220 e. The van der Waals surface area contributed by atoms with E-state index < -0.39 is 0 Å². The van der Waals surface area contributed by atoms with Gasteiger partial charge in [-0.1, -0.05) is 20.8 Å². The molecule has 1 heterocycles. The topological polar surface area (TPSA) is 41.1 Å². The maximum absolute atomic E-state index is 11.7. The molecule has 1 fully saturated rings. The van der Waals surface area contributed by atoms with Crippen molar-refractivity contribution in [3.63, 3.8) is 0 Å². The molecule has 1 rings (SSSR count). The molecular weight excluding hydrogens is 188 g/mol. The maximum atomic E-state index is 11.7. The second-order valence-corrected chi connectivity index (χ2v) is 5.06. The van der Waals surface area contributed by atoms with Crippen molar-refractivity contribution in [2.45, 2.75) is 52.0 Å². The Kier molecular flexibility index (Phi) is 4.58. The van der Waals surface area contributed by atoms with Crippen molar-refractivity contribution in [1.82, 2.24) is 10.6 Å². The Morgan fingerprint density at radius 2 is 2.27 bits per heavy atom. The number of carbonyl (C=O) groups is 1. The van der Waals surface area contributed by atoms with Gasteiger partial charge >= 0.3 is 0 Å². The van der Waals surface area contributed by atoms with Crippen molar-refractivity contribution in [1.29, 1.82) is 0 Å². The summed E-state index contributed by atoms with van der Waals surface area (Å²) in [6.45, 7) is 8.33. The van der Waals surface area contributed by atoms with Crippen LogP contribution >= 0.6 is 0 Å². The molecule has 1 atom stereocenters. The first-order chi connectivity index (χ1) is 7.08. The van der Waals surface area contributed by atoms with Gasteiger partial charge in [-0.05, 0) is 31.7 Å². The first-order valence-electron chi connectivity index (χ1n) is 6.10. The molecule has 0 aromatic rings. The summed E-state index contributed by atoms with van der Waals surface area (Å²) in [6, 6.07) is 0. The summed E-state index contributed by atoms with van der Waals surface area (Å²) in [4.78, 5) is 11.7. The Labute approximate surface area is 93.0 Å². The van der Waals surface area contributed by atoms with Gasteiger partial charge in [0.2, 0.25) is 5.91 Å². The van der Waals surface area contributed by atoms with Crippen LogP contribution in [0.2, 0.25) is 0 Å². The third-order valence-corrected chi connectivity index (χ3v) is 3.15. The van der Waals surface area contributed by atoms with Gasteiger partial charge in [0.05, 0.1) is 5.54 Å². The Balaban J connectivity index is 2.47. The summed E-state index contributed by atoms with van der Waals surface area (Å²) >= 11 is 0. The van der Waals surface area contributed by atoms with Gasteiger partial charge in [-0.2, -0.15) is 0 Å². The second-order valence-electron chi connectivity index (χ2n) is 5.06. The third-order valence-electron chi connectivity index (χ3n) is 3.15. The predicted molar refractivity (Wildman–Crippen MR) is 62.7 cm³/mol. The Bertz CT molecular complexity index is 208. The largest absolute Gasteiger partial charge is 0.349 e. The molecule has 15 heavy (non-hydrogen) atoms. The molecule has 0 spiro atoms. The SMILES string of the molecule is CCC1(NC(=O)CC(C)C)CCCNC1. The van der Waals surface area contributed by atoms with E-state index in [1.54, 1.807) is 0 Å². The quantitative estimate of drug-likeness (QED) is 0.744. The molecule has 1 saturated heterocycles. The van der Waals surface area contributed by atoms with Gasteiger partial charge in [-0.25, -0.2) is 0 Å². The monoisotopic (exact) mass is 212 g/mol. The van der Waals surface area contributed by atoms with Crippen molar-refractivity contribution in [2.75, 3.05) is 13.1 Å². The molecule has 1 unspecified atom stereocenters. The predicted octanol–water partition coefficient (Wildman–Crippen LogP) is 1.68. The fraction of sp³-hybridized carbons (Fsp3) is 0.917. The first kappa shape index (κ1) is 12.5. The van der Waals surface area contributed by atoms with Crippen molar-refractivity contribution in [3.8, 4) is 0 Å². The van der Waals surface area contributed by atoms with E-state index >= 15 is 0 Å². The van der Waals surface area contributed by atoms with Gasteiger partial charge in [-0.15, -0.1) is 0 Å². The van der Waals surface area contributed by atoms with E-state index in [0.717, 1.165) is 32.4 Å². The minimum absolute atomic E-state index is 0.0181. The molecule has 0 aliphatic carbocycles. The molecule has 2 N–H and O–H groups in total. The van der Waals surface area contributed by atoms with E-state index in [-0.39, 0.29) is 11.4 Å². The fourth-order valence-corrected chi connectivity index (χ4v) is 2.18. The van der Waals surface area contributed by atoms with Gasteiger partial charge in [0.1, 0.15) is 0 Å². The Hall–Kier alpha value is -0.570. The lowest BCUT2D eigenvalue weighted by molar-refractivity contribution is -0.124. The smallest absolute Gasteiger partial charge is 0.220 e. The summed E-state index contributed by atoms with van der Waals surface area (Å²) in [7, 11) is 0. The van der Waals surface area contributed by atoms with Crippen LogP contribution < -0.4 is 10.6 Å². The molecule has 88 valence electrons. The first-order valence-corrected chi connectivity index (χ1v) is 6.10. The van der Waals surface area contributed by atoms with Crippen molar-refractivity contribution < 1.29 is 4.79 Å². The summed E-state index contributed by atoms with van der Waals surface area (Å²) in [5, 5.41) is 6.58. The molecule has 3 nitrogen and oxygen atoms in total. The number of amides is 1. The van der Waals surface area contributed by atoms with Crippen LogP contribution in [0.5, 0.6) is 0 Å². The van der Waals surface area contributed by atoms with Crippen molar-refractivity contribution in [2.24, 2.45) is 5.92 Å². The highest BCUT2D eigenvalue weighted by Crippen LogP contribution is 2.20. The average molecular weight is 212 g/mol. The van der Waals surface area contributed by atoms with Gasteiger partial charge < -0.3 is 10.6 Å². The molecular formula is C12H24N2O. The van der Waals surface area contributed by atoms with Crippen LogP contribution in [0.15, 0.2) is 0 Å². The molecule has 0 aromatic heterocycles. The lowest BCUT2D eigenvalue weighted by Gasteiger charge is -2.38. The highest BCUT2D eigenvalue weighted by Gasteiger charge is 2.31. The number of hydrogen-bond acceptors (Lipinski definition) is 2. The fourth-order valence-electron chi connectivity index (χ4n) is 2.18. The van der Waals surface area contributed by atoms with Gasteiger partial charge in [0, 0.05) is 13.0 Å². The van der Waals surface area contributed by atoms with Crippen LogP contribution in [-0.4, -0.2) is 24.5 Å². The van der Waals surface area contributed by atoms with Crippen LogP contribution in [-0.2, 0) is 4.79 Å². The molecule has 0 saturated carbocycles. The zero-order valence-electron chi connectivity index (χ0n) is 10.2. The summed E-state index contributed by atoms with van der Waals surface area (Å²) < 4.78 is 0. The molecule has 0 radical (unpaired) electrons. The lowest BCUT2D eigenvalue weighted by atomic mass is 9.87. The number of piperidine rings is 1. The molecule has 3 heteroatoms. The van der Waals surface area contributed by atoms with Crippen LogP contribution in [0, 0.1) is 5.92 Å². The number of hydrogen-bond donors (Lipinski definition) is 2. The normalized spacial score (nSPS) is 26.7. The minimum atomic E-state index is 0.0181. The summed E-state index contributed by atoms with van der Waals surface area (Å²) in [6.07, 6.45) is 3.93. The van der Waals surface area contributed by atoms with E-state index in [2.05, 4.69) is 31.4 Å². The zero-order valence-corrected chi connectivity index (χ0v) is 10.2. The van der Waals surface area contributed by atoms with E-state index in [9.17, 15) is 4.79 Å². The van der Waals surface area contributed by atoms with E-state index in [1.807, 2.05) is 0 Å². The Morgan fingerprint density at radius 3 is 2.73 bits per heavy atom. The molecule has 1 amide bonds. The molecule has 0 bridgehead atoms. The number of rotatable bonds is 4. The zero-order chi connectivity index (χ0) is 11.3. The molecule has 1 aliphatic heterocycles. The average Bonchev–Trinajstić information content (AvgIpc) is 2.17. The number of carbonyl (C=O) groups excluding carboxylic acids is 1. The lowest BCUT2D eigenvalue weighted by Crippen LogP contribution is -2.57. The van der Waals surface area contributed by atoms with Gasteiger partial charge in [0.15, 0.2) is 0 Å². The molecule has 1 aliphatic rings. The van der Waals surface area contributed by atoms with Gasteiger partial charge in [0.25, 0.3) is 0 Å². The van der Waals surface area contributed by atoms with Gasteiger partial charge in [-0.3, -0.25) is 4.79 Å². The number of nitrogens with one attached hydrogen (secondary N) is 2. The minimum Gasteiger partial charge on any atom is -0.349 e. The summed E-state index contributed by atoms with van der Waals surface area (Å²) in [5.41, 5.74) is 0.0181. The molecule has 0 aromatic carbocycles. The Morgan fingerprint density at radius 1 is 1.53 bits per heavy atom. The van der Waals surface area contributed by atoms with E-state index in [0.29, 0.717) is 12.3 Å². The highest BCUT2D eigenvalue weighted by atomic mass is 16.1. The second kappa shape index (κ2) is 5.50. The van der Waals surface area contributed by atoms with Crippen LogP contribution in [0.4, 0.5) is 0 Å². The van der Waals surface area contributed by atoms with Crippen LogP contribution in [0.1, 0.15) is 46.5 Å². The van der Waals surface area contributed by atoms with Crippen molar-refractivity contribution in [3.05, 3.63) is 0 Å². The van der Waals surface area contributed by atoms with Crippen molar-refractivity contribution >= 4 is 5.91 Å². The third kappa shape index (κ3) is 3.82. The van der Waals surface area contributed by atoms with Crippen LogP contribution in [0.3, 0.4) is 0 Å². The van der Waals surface area contributed by atoms with E-state index in [4.69, 9.17) is 0 Å². The van der Waals surface area contributed by atoms with E-state index in [1.165, 1.54) is 0 Å². The standard InChI is InChI=1S/C12H24N2O/c1-4-12(6-5-7-13-9-12)14-11(15)8-10(2)3/h10,13H,4-9H2,1-3H3,(H,14,15). The summed E-state index contributed by atoms with van der Waals surface area (Å²) in [5.74, 6) is 0.644.